The van der Waals surface area contributed by atoms with Crippen molar-refractivity contribution in [3.05, 3.63) is 64.7 Å². The molecule has 122 valence electrons. The van der Waals surface area contributed by atoms with Crippen molar-refractivity contribution in [2.24, 2.45) is 5.73 Å². The molecule has 0 heterocycles. The van der Waals surface area contributed by atoms with Crippen LogP contribution in [0.1, 0.15) is 31.8 Å². The Kier molecular flexibility index (Phi) is 4.66. The number of aryl methyl sites for hydroxylation is 1. The zero-order valence-corrected chi connectivity index (χ0v) is 13.4. The second-order valence-corrected chi connectivity index (χ2v) is 6.65. The zero-order valence-electron chi connectivity index (χ0n) is 12.6. The van der Waals surface area contributed by atoms with Gasteiger partial charge in [0.2, 0.25) is 5.91 Å². The number of primary amides is 1. The van der Waals surface area contributed by atoms with Crippen molar-refractivity contribution in [1.29, 1.82) is 5.26 Å². The molecule has 3 N–H and O–H groups in total. The van der Waals surface area contributed by atoms with E-state index in [1.165, 1.54) is 36.4 Å². The van der Waals surface area contributed by atoms with Gasteiger partial charge < -0.3 is 5.73 Å². The Morgan fingerprint density at radius 1 is 1.17 bits per heavy atom. The Morgan fingerprint density at radius 2 is 1.88 bits per heavy atom. The highest BCUT2D eigenvalue weighted by molar-refractivity contribution is 7.90. The number of nitrogens with one attached hydrogen (secondary N) is 1. The molecule has 2 amide bonds. The Morgan fingerprint density at radius 3 is 2.50 bits per heavy atom. The van der Waals surface area contributed by atoms with Crippen molar-refractivity contribution in [2.75, 3.05) is 0 Å². The summed E-state index contributed by atoms with van der Waals surface area (Å²) in [5.41, 5.74) is 6.03. The third-order valence-corrected chi connectivity index (χ3v) is 4.59. The van der Waals surface area contributed by atoms with Crippen molar-refractivity contribution < 1.29 is 18.0 Å². The van der Waals surface area contributed by atoms with E-state index in [9.17, 15) is 18.0 Å². The van der Waals surface area contributed by atoms with Crippen molar-refractivity contribution >= 4 is 21.8 Å². The molecule has 0 aromatic heterocycles. The van der Waals surface area contributed by atoms with Crippen molar-refractivity contribution in [1.82, 2.24) is 4.72 Å². The predicted octanol–water partition coefficient (Wildman–Crippen LogP) is 1.08. The predicted molar refractivity (Wildman–Crippen MR) is 85.5 cm³/mol. The standard InChI is InChI=1S/C16H13N3O4S/c1-10-5-6-13(8-14(10)15(18)20)24(22,23)19-16(21)12-4-2-3-11(7-12)9-17/h2-8H,1H3,(H2,18,20)(H,19,21). The summed E-state index contributed by atoms with van der Waals surface area (Å²) in [6, 6.07) is 11.3. The lowest BCUT2D eigenvalue weighted by atomic mass is 10.1. The van der Waals surface area contributed by atoms with Gasteiger partial charge in [-0.2, -0.15) is 5.26 Å². The lowest BCUT2D eigenvalue weighted by Gasteiger charge is -2.09. The second-order valence-electron chi connectivity index (χ2n) is 4.97. The number of hydrogen-bond acceptors (Lipinski definition) is 5. The third-order valence-electron chi connectivity index (χ3n) is 3.27. The Labute approximate surface area is 138 Å². The summed E-state index contributed by atoms with van der Waals surface area (Å²) in [4.78, 5) is 23.2. The molecule has 0 radical (unpaired) electrons. The van der Waals surface area contributed by atoms with Crippen LogP contribution in [-0.2, 0) is 10.0 Å². The Hall–Kier alpha value is -3.18. The van der Waals surface area contributed by atoms with E-state index in [0.29, 0.717) is 5.56 Å². The molecule has 0 unspecified atom stereocenters. The molecule has 0 atom stereocenters. The molecule has 8 heteroatoms. The molecule has 24 heavy (non-hydrogen) atoms. The fourth-order valence-electron chi connectivity index (χ4n) is 2.00. The summed E-state index contributed by atoms with van der Waals surface area (Å²) < 4.78 is 26.5. The molecule has 0 saturated heterocycles. The minimum atomic E-state index is -4.19. The normalized spacial score (nSPS) is 10.7. The van der Waals surface area contributed by atoms with Crippen LogP contribution in [0.3, 0.4) is 0 Å². The number of hydrogen-bond donors (Lipinski definition) is 2. The lowest BCUT2D eigenvalue weighted by molar-refractivity contribution is 0.0978. The van der Waals surface area contributed by atoms with Crippen LogP contribution in [0, 0.1) is 18.3 Å². The maximum atomic E-state index is 12.3. The molecule has 2 aromatic rings. The molecule has 0 bridgehead atoms. The van der Waals surface area contributed by atoms with Crippen LogP contribution < -0.4 is 10.5 Å². The van der Waals surface area contributed by atoms with E-state index >= 15 is 0 Å². The van der Waals surface area contributed by atoms with Gasteiger partial charge in [-0.1, -0.05) is 12.1 Å². The lowest BCUT2D eigenvalue weighted by Crippen LogP contribution is -2.31. The number of benzene rings is 2. The van der Waals surface area contributed by atoms with Crippen LogP contribution in [0.2, 0.25) is 0 Å². The molecular formula is C16H13N3O4S. The monoisotopic (exact) mass is 343 g/mol. The SMILES string of the molecule is Cc1ccc(S(=O)(=O)NC(=O)c2cccc(C#N)c2)cc1C(N)=O. The average molecular weight is 343 g/mol. The summed E-state index contributed by atoms with van der Waals surface area (Å²) in [5.74, 6) is -1.65. The summed E-state index contributed by atoms with van der Waals surface area (Å²) >= 11 is 0. The highest BCUT2D eigenvalue weighted by Crippen LogP contribution is 2.16. The minimum absolute atomic E-state index is 0.0276. The fraction of sp³-hybridized carbons (Fsp3) is 0.0625. The maximum absolute atomic E-state index is 12.3. The number of carbonyl (C=O) groups excluding carboxylic acids is 2. The molecule has 2 rings (SSSR count). The first-order chi connectivity index (χ1) is 11.2. The van der Waals surface area contributed by atoms with E-state index in [2.05, 4.69) is 0 Å². The summed E-state index contributed by atoms with van der Waals surface area (Å²) in [5, 5.41) is 8.82. The smallest absolute Gasteiger partial charge is 0.265 e. The van der Waals surface area contributed by atoms with E-state index in [1.807, 2.05) is 10.8 Å². The van der Waals surface area contributed by atoms with Crippen LogP contribution >= 0.6 is 0 Å². The van der Waals surface area contributed by atoms with Gasteiger partial charge in [0.15, 0.2) is 0 Å². The number of nitriles is 1. The number of rotatable bonds is 4. The van der Waals surface area contributed by atoms with Crippen molar-refractivity contribution in [3.8, 4) is 6.07 Å². The maximum Gasteiger partial charge on any atom is 0.265 e. The first-order valence-electron chi connectivity index (χ1n) is 6.72. The van der Waals surface area contributed by atoms with Gasteiger partial charge in [0, 0.05) is 11.1 Å². The van der Waals surface area contributed by atoms with Crippen molar-refractivity contribution in [3.63, 3.8) is 0 Å². The van der Waals surface area contributed by atoms with E-state index in [4.69, 9.17) is 11.0 Å². The molecule has 0 saturated carbocycles. The number of amides is 2. The molecule has 0 aliphatic heterocycles. The number of nitrogens with two attached hydrogens (primary N) is 1. The van der Waals surface area contributed by atoms with Gasteiger partial charge in [-0.15, -0.1) is 0 Å². The van der Waals surface area contributed by atoms with Gasteiger partial charge in [-0.05, 0) is 42.8 Å². The molecule has 0 fully saturated rings. The summed E-state index contributed by atoms with van der Waals surface area (Å²) in [6.07, 6.45) is 0. The fourth-order valence-corrected chi connectivity index (χ4v) is 3.00. The number of sulfonamides is 1. The van der Waals surface area contributed by atoms with Gasteiger partial charge in [-0.3, -0.25) is 9.59 Å². The zero-order chi connectivity index (χ0) is 17.9. The quantitative estimate of drug-likeness (QED) is 0.858. The van der Waals surface area contributed by atoms with E-state index in [-0.39, 0.29) is 21.6 Å². The van der Waals surface area contributed by atoms with E-state index < -0.39 is 21.8 Å². The van der Waals surface area contributed by atoms with Gasteiger partial charge in [0.25, 0.3) is 15.9 Å². The highest BCUT2D eigenvalue weighted by Gasteiger charge is 2.20. The molecular weight excluding hydrogens is 330 g/mol. The summed E-state index contributed by atoms with van der Waals surface area (Å²) in [6.45, 7) is 1.61. The third kappa shape index (κ3) is 3.59. The van der Waals surface area contributed by atoms with Gasteiger partial charge in [0.1, 0.15) is 0 Å². The molecule has 0 aliphatic rings. The van der Waals surface area contributed by atoms with E-state index in [0.717, 1.165) is 6.07 Å². The van der Waals surface area contributed by atoms with Crippen LogP contribution in [0.15, 0.2) is 47.4 Å². The Balaban J connectivity index is 2.34. The topological polar surface area (TPSA) is 130 Å². The highest BCUT2D eigenvalue weighted by atomic mass is 32.2. The van der Waals surface area contributed by atoms with Crippen molar-refractivity contribution in [2.45, 2.75) is 11.8 Å². The summed E-state index contributed by atoms with van der Waals surface area (Å²) in [7, 11) is -4.19. The minimum Gasteiger partial charge on any atom is -0.366 e. The average Bonchev–Trinajstić information content (AvgIpc) is 2.54. The van der Waals surface area contributed by atoms with E-state index in [1.54, 1.807) is 6.92 Å². The first kappa shape index (κ1) is 17.2. The van der Waals surface area contributed by atoms with Crippen LogP contribution in [0.5, 0.6) is 0 Å². The van der Waals surface area contributed by atoms with Gasteiger partial charge >= 0.3 is 0 Å². The van der Waals surface area contributed by atoms with Crippen LogP contribution in [0.25, 0.3) is 0 Å². The van der Waals surface area contributed by atoms with Gasteiger partial charge in [0.05, 0.1) is 16.5 Å². The number of nitrogens with zero attached hydrogens (tertiary/aromatic N) is 1. The molecule has 2 aromatic carbocycles. The first-order valence-corrected chi connectivity index (χ1v) is 8.20. The largest absolute Gasteiger partial charge is 0.366 e. The van der Waals surface area contributed by atoms with Crippen LogP contribution in [0.4, 0.5) is 0 Å². The van der Waals surface area contributed by atoms with Gasteiger partial charge in [-0.25, -0.2) is 13.1 Å². The molecule has 0 spiro atoms. The van der Waals surface area contributed by atoms with Crippen LogP contribution in [-0.4, -0.2) is 20.2 Å². The Bertz CT molecular complexity index is 975. The molecule has 7 nitrogen and oxygen atoms in total. The molecule has 0 aliphatic carbocycles. The number of carbonyl (C=O) groups is 2. The second kappa shape index (κ2) is 6.52.